The van der Waals surface area contributed by atoms with Gasteiger partial charge in [-0.2, -0.15) is 4.98 Å². The Morgan fingerprint density at radius 1 is 1.21 bits per heavy atom. The lowest BCUT2D eigenvalue weighted by Gasteiger charge is -2.05. The van der Waals surface area contributed by atoms with Gasteiger partial charge in [0.25, 0.3) is 5.89 Å². The van der Waals surface area contributed by atoms with Crippen LogP contribution in [0.25, 0.3) is 23.0 Å². The first-order chi connectivity index (χ1) is 9.38. The van der Waals surface area contributed by atoms with Crippen molar-refractivity contribution in [3.8, 4) is 28.7 Å². The van der Waals surface area contributed by atoms with Gasteiger partial charge in [-0.1, -0.05) is 17.3 Å². The fourth-order valence-electron chi connectivity index (χ4n) is 1.84. The molecule has 0 unspecified atom stereocenters. The molecule has 0 fully saturated rings. The van der Waals surface area contributed by atoms with E-state index in [1.54, 1.807) is 0 Å². The molecule has 0 saturated carbocycles. The molecule has 3 aromatic rings. The molecular weight excluding hydrogens is 242 g/mol. The molecule has 0 aliphatic heterocycles. The van der Waals surface area contributed by atoms with E-state index in [9.17, 15) is 0 Å². The van der Waals surface area contributed by atoms with E-state index in [2.05, 4.69) is 15.1 Å². The highest BCUT2D eigenvalue weighted by molar-refractivity contribution is 5.65. The van der Waals surface area contributed by atoms with Crippen LogP contribution in [0.2, 0.25) is 0 Å². The van der Waals surface area contributed by atoms with Crippen molar-refractivity contribution in [3.63, 3.8) is 0 Å². The quantitative estimate of drug-likeness (QED) is 0.777. The summed E-state index contributed by atoms with van der Waals surface area (Å²) in [5.74, 6) is 1.74. The van der Waals surface area contributed by atoms with Crippen molar-refractivity contribution in [2.45, 2.75) is 6.92 Å². The number of nitrogens with zero attached hydrogens (tertiary/aromatic N) is 2. The third kappa shape index (κ3) is 2.22. The maximum absolute atomic E-state index is 5.56. The second-order valence-electron chi connectivity index (χ2n) is 3.94. The van der Waals surface area contributed by atoms with Gasteiger partial charge in [0.2, 0.25) is 5.82 Å². The van der Waals surface area contributed by atoms with Gasteiger partial charge in [-0.05, 0) is 31.2 Å². The zero-order valence-corrected chi connectivity index (χ0v) is 10.5. The standard InChI is InChI=1S/C14H13N3O2/c1-2-18-12-8-4-3-6-10(12)13-16-14(19-17-13)11-7-5-9-15-11/h3-9,15H,2H2,1H3. The lowest BCUT2D eigenvalue weighted by Crippen LogP contribution is -1.94. The number of nitrogens with one attached hydrogen (secondary N) is 1. The molecule has 0 radical (unpaired) electrons. The highest BCUT2D eigenvalue weighted by Gasteiger charge is 2.14. The fourth-order valence-corrected chi connectivity index (χ4v) is 1.84. The van der Waals surface area contributed by atoms with E-state index in [1.807, 2.05) is 49.5 Å². The van der Waals surface area contributed by atoms with Gasteiger partial charge in [0.1, 0.15) is 11.4 Å². The normalized spacial score (nSPS) is 10.6. The van der Waals surface area contributed by atoms with Gasteiger partial charge in [-0.15, -0.1) is 0 Å². The van der Waals surface area contributed by atoms with Crippen molar-refractivity contribution in [2.24, 2.45) is 0 Å². The predicted molar refractivity (Wildman–Crippen MR) is 70.7 cm³/mol. The molecule has 19 heavy (non-hydrogen) atoms. The molecule has 0 atom stereocenters. The van der Waals surface area contributed by atoms with Crippen LogP contribution in [0.5, 0.6) is 5.75 Å². The Balaban J connectivity index is 1.99. The molecule has 3 rings (SSSR count). The van der Waals surface area contributed by atoms with Crippen molar-refractivity contribution in [1.29, 1.82) is 0 Å². The summed E-state index contributed by atoms with van der Waals surface area (Å²) in [7, 11) is 0. The van der Waals surface area contributed by atoms with Crippen LogP contribution < -0.4 is 4.74 Å². The number of benzene rings is 1. The van der Waals surface area contributed by atoms with Crippen molar-refractivity contribution in [3.05, 3.63) is 42.6 Å². The molecule has 1 aromatic carbocycles. The monoisotopic (exact) mass is 255 g/mol. The molecule has 2 heterocycles. The minimum atomic E-state index is 0.464. The molecule has 0 saturated heterocycles. The highest BCUT2D eigenvalue weighted by atomic mass is 16.5. The molecule has 5 nitrogen and oxygen atoms in total. The van der Waals surface area contributed by atoms with Crippen LogP contribution in [0.15, 0.2) is 47.1 Å². The van der Waals surface area contributed by atoms with Gasteiger partial charge < -0.3 is 14.2 Å². The first-order valence-electron chi connectivity index (χ1n) is 6.08. The van der Waals surface area contributed by atoms with Gasteiger partial charge in [0, 0.05) is 6.20 Å². The summed E-state index contributed by atoms with van der Waals surface area (Å²) in [6.45, 7) is 2.54. The summed E-state index contributed by atoms with van der Waals surface area (Å²) >= 11 is 0. The molecule has 0 aliphatic rings. The number of hydrogen-bond acceptors (Lipinski definition) is 4. The maximum Gasteiger partial charge on any atom is 0.274 e. The number of hydrogen-bond donors (Lipinski definition) is 1. The summed E-state index contributed by atoms with van der Waals surface area (Å²) in [5.41, 5.74) is 1.62. The topological polar surface area (TPSA) is 63.9 Å². The van der Waals surface area contributed by atoms with Crippen LogP contribution >= 0.6 is 0 Å². The zero-order valence-electron chi connectivity index (χ0n) is 10.5. The first kappa shape index (κ1) is 11.5. The van der Waals surface area contributed by atoms with E-state index >= 15 is 0 Å². The fraction of sp³-hybridized carbons (Fsp3) is 0.143. The minimum Gasteiger partial charge on any atom is -0.493 e. The highest BCUT2D eigenvalue weighted by Crippen LogP contribution is 2.29. The minimum absolute atomic E-state index is 0.464. The molecule has 0 amide bonds. The smallest absolute Gasteiger partial charge is 0.274 e. The molecule has 0 spiro atoms. The van der Waals surface area contributed by atoms with Crippen molar-refractivity contribution < 1.29 is 9.26 Å². The summed E-state index contributed by atoms with van der Waals surface area (Å²) in [5, 5.41) is 4.00. The summed E-state index contributed by atoms with van der Waals surface area (Å²) in [6, 6.07) is 11.4. The zero-order chi connectivity index (χ0) is 13.1. The molecule has 1 N–H and O–H groups in total. The Labute approximate surface area is 110 Å². The van der Waals surface area contributed by atoms with Crippen LogP contribution in [-0.4, -0.2) is 21.7 Å². The van der Waals surface area contributed by atoms with Gasteiger partial charge in [0.15, 0.2) is 0 Å². The Bertz CT molecular complexity index is 659. The SMILES string of the molecule is CCOc1ccccc1-c1noc(-c2ccc[nH]2)n1. The van der Waals surface area contributed by atoms with E-state index < -0.39 is 0 Å². The maximum atomic E-state index is 5.56. The lowest BCUT2D eigenvalue weighted by atomic mass is 10.2. The Morgan fingerprint density at radius 3 is 2.89 bits per heavy atom. The summed E-state index contributed by atoms with van der Waals surface area (Å²) in [4.78, 5) is 7.41. The lowest BCUT2D eigenvalue weighted by molar-refractivity contribution is 0.341. The number of H-pyrrole nitrogens is 1. The second-order valence-corrected chi connectivity index (χ2v) is 3.94. The molecule has 96 valence electrons. The summed E-state index contributed by atoms with van der Waals surface area (Å²) < 4.78 is 10.8. The predicted octanol–water partition coefficient (Wildman–Crippen LogP) is 3.13. The third-order valence-corrected chi connectivity index (χ3v) is 2.68. The number of aromatic nitrogens is 3. The third-order valence-electron chi connectivity index (χ3n) is 2.68. The van der Waals surface area contributed by atoms with Crippen molar-refractivity contribution in [2.75, 3.05) is 6.61 Å². The van der Waals surface area contributed by atoms with E-state index in [0.717, 1.165) is 17.0 Å². The van der Waals surface area contributed by atoms with E-state index in [4.69, 9.17) is 9.26 Å². The van der Waals surface area contributed by atoms with E-state index in [1.165, 1.54) is 0 Å². The van der Waals surface area contributed by atoms with Crippen LogP contribution in [0.3, 0.4) is 0 Å². The average molecular weight is 255 g/mol. The van der Waals surface area contributed by atoms with Gasteiger partial charge in [0.05, 0.1) is 12.2 Å². The Morgan fingerprint density at radius 2 is 2.11 bits per heavy atom. The van der Waals surface area contributed by atoms with E-state index in [0.29, 0.717) is 18.3 Å². The van der Waals surface area contributed by atoms with Gasteiger partial charge in [-0.25, -0.2) is 0 Å². The van der Waals surface area contributed by atoms with Gasteiger partial charge in [-0.3, -0.25) is 0 Å². The molecule has 0 bridgehead atoms. The number of aromatic amines is 1. The van der Waals surface area contributed by atoms with Gasteiger partial charge >= 0.3 is 0 Å². The average Bonchev–Trinajstić information content (AvgIpc) is 3.11. The molecule has 5 heteroatoms. The summed E-state index contributed by atoms with van der Waals surface area (Å²) in [6.07, 6.45) is 1.81. The van der Waals surface area contributed by atoms with Crippen molar-refractivity contribution >= 4 is 0 Å². The second kappa shape index (κ2) is 4.97. The number of rotatable bonds is 4. The number of para-hydroxylation sites is 1. The molecule has 0 aliphatic carbocycles. The Kier molecular flexibility index (Phi) is 3.02. The largest absolute Gasteiger partial charge is 0.493 e. The van der Waals surface area contributed by atoms with Crippen LogP contribution in [0, 0.1) is 0 Å². The van der Waals surface area contributed by atoms with Crippen LogP contribution in [0.1, 0.15) is 6.92 Å². The first-order valence-corrected chi connectivity index (χ1v) is 6.08. The molecular formula is C14H13N3O2. The Hall–Kier alpha value is -2.56. The molecule has 2 aromatic heterocycles. The number of ether oxygens (including phenoxy) is 1. The van der Waals surface area contributed by atoms with Crippen molar-refractivity contribution in [1.82, 2.24) is 15.1 Å². The van der Waals surface area contributed by atoms with Crippen LogP contribution in [-0.2, 0) is 0 Å². The van der Waals surface area contributed by atoms with Crippen LogP contribution in [0.4, 0.5) is 0 Å². The van der Waals surface area contributed by atoms with E-state index in [-0.39, 0.29) is 0 Å².